The third-order valence-electron chi connectivity index (χ3n) is 8.76. The molecule has 1 aliphatic heterocycles. The molecule has 4 aromatic carbocycles. The molecule has 14 heteroatoms. The minimum atomic E-state index is -1.57. The maximum absolute atomic E-state index is 9.12. The molecule has 5 unspecified atom stereocenters. The first-order chi connectivity index (χ1) is 23.9. The standard InChI is InChI=1S/C30H26N6S2.C6H12O6/c1-15-5-12-23-27(18(15)4)34-30(37-23)20-8-11-22-24(14-20)38-29(33-22)19-6-9-21(10-7-19)35-36-28-25(31)16(2)13-17(3)26(28)32;7-1-2-3(8)4(9)5(10)6(11)12-2/h5-14H,31-32H2,1-4H3;2-11H,1H2. The van der Waals surface area contributed by atoms with Gasteiger partial charge in [0.25, 0.3) is 0 Å². The van der Waals surface area contributed by atoms with Crippen LogP contribution in [0.4, 0.5) is 22.7 Å². The number of aliphatic hydroxyl groups excluding tert-OH is 5. The number of aryl methyl sites for hydroxylation is 4. The van der Waals surface area contributed by atoms with E-state index in [0.717, 1.165) is 53.7 Å². The van der Waals surface area contributed by atoms with Crippen molar-refractivity contribution in [3.8, 4) is 21.1 Å². The predicted octanol–water partition coefficient (Wildman–Crippen LogP) is 5.83. The third-order valence-corrected chi connectivity index (χ3v) is 10.9. The Balaban J connectivity index is 0.000000306. The van der Waals surface area contributed by atoms with Gasteiger partial charge in [0, 0.05) is 11.1 Å². The van der Waals surface area contributed by atoms with E-state index in [-0.39, 0.29) is 0 Å². The molecule has 2 aromatic heterocycles. The Morgan fingerprint density at radius 2 is 1.34 bits per heavy atom. The highest BCUT2D eigenvalue weighted by atomic mass is 32.1. The van der Waals surface area contributed by atoms with E-state index in [1.54, 1.807) is 22.7 Å². The summed E-state index contributed by atoms with van der Waals surface area (Å²) in [5.41, 5.74) is 23.3. The Hall–Kier alpha value is -4.38. The number of nitrogens with two attached hydrogens (primary N) is 2. The summed E-state index contributed by atoms with van der Waals surface area (Å²) >= 11 is 3.40. The van der Waals surface area contributed by atoms with Gasteiger partial charge in [-0.05, 0) is 98.5 Å². The van der Waals surface area contributed by atoms with Crippen molar-refractivity contribution in [2.24, 2.45) is 10.2 Å². The summed E-state index contributed by atoms with van der Waals surface area (Å²) in [6.07, 6.45) is -7.04. The van der Waals surface area contributed by atoms with Gasteiger partial charge in [0.05, 0.1) is 44.1 Å². The maximum Gasteiger partial charge on any atom is 0.184 e. The number of benzene rings is 4. The number of anilines is 2. The molecule has 12 nitrogen and oxygen atoms in total. The molecule has 0 bridgehead atoms. The van der Waals surface area contributed by atoms with Crippen LogP contribution in [0.2, 0.25) is 0 Å². The molecule has 1 aliphatic rings. The van der Waals surface area contributed by atoms with E-state index in [2.05, 4.69) is 59.1 Å². The molecule has 50 heavy (non-hydrogen) atoms. The van der Waals surface area contributed by atoms with E-state index in [1.165, 1.54) is 15.8 Å². The van der Waals surface area contributed by atoms with Crippen molar-refractivity contribution in [3.63, 3.8) is 0 Å². The topological polar surface area (TPSA) is 213 Å². The molecule has 1 saturated heterocycles. The number of thiazole rings is 2. The molecule has 3 heterocycles. The van der Waals surface area contributed by atoms with Crippen molar-refractivity contribution < 1.29 is 30.3 Å². The van der Waals surface area contributed by atoms with Crippen molar-refractivity contribution >= 4 is 65.9 Å². The number of ether oxygens (including phenoxy) is 1. The third kappa shape index (κ3) is 6.97. The number of aromatic nitrogens is 2. The van der Waals surface area contributed by atoms with Gasteiger partial charge in [-0.25, -0.2) is 9.97 Å². The van der Waals surface area contributed by atoms with Gasteiger partial charge in [0.15, 0.2) is 6.29 Å². The zero-order valence-corrected chi connectivity index (χ0v) is 29.4. The second-order valence-corrected chi connectivity index (χ2v) is 14.3. The lowest BCUT2D eigenvalue weighted by atomic mass is 10.00. The average Bonchev–Trinajstić information content (AvgIpc) is 3.75. The lowest BCUT2D eigenvalue weighted by molar-refractivity contribution is -0.286. The molecule has 260 valence electrons. The fraction of sp³-hybridized carbons (Fsp3) is 0.278. The number of nitrogen functional groups attached to an aromatic ring is 2. The molecule has 0 saturated carbocycles. The summed E-state index contributed by atoms with van der Waals surface area (Å²) in [5, 5.41) is 55.4. The molecule has 0 aliphatic carbocycles. The maximum atomic E-state index is 9.12. The lowest BCUT2D eigenvalue weighted by Crippen LogP contribution is -2.58. The number of fused-ring (bicyclic) bond motifs is 2. The van der Waals surface area contributed by atoms with Gasteiger partial charge < -0.3 is 41.7 Å². The van der Waals surface area contributed by atoms with Crippen LogP contribution in [0, 0.1) is 27.7 Å². The molecular weight excluding hydrogens is 677 g/mol. The van der Waals surface area contributed by atoms with E-state index < -0.39 is 37.3 Å². The van der Waals surface area contributed by atoms with Crippen molar-refractivity contribution in [1.29, 1.82) is 0 Å². The number of azo groups is 1. The Bertz CT molecular complexity index is 2170. The Kier molecular flexibility index (Phi) is 10.3. The van der Waals surface area contributed by atoms with Crippen LogP contribution in [0.5, 0.6) is 0 Å². The summed E-state index contributed by atoms with van der Waals surface area (Å²) in [6, 6.07) is 20.6. The van der Waals surface area contributed by atoms with Crippen molar-refractivity contribution in [1.82, 2.24) is 9.97 Å². The molecular formula is C36H38N6O6S2. The average molecular weight is 715 g/mol. The van der Waals surface area contributed by atoms with Crippen LogP contribution in [-0.4, -0.2) is 72.8 Å². The van der Waals surface area contributed by atoms with Gasteiger partial charge in [-0.15, -0.1) is 27.8 Å². The first-order valence-corrected chi connectivity index (χ1v) is 17.4. The van der Waals surface area contributed by atoms with Gasteiger partial charge in [0.1, 0.15) is 40.1 Å². The first kappa shape index (κ1) is 35.4. The zero-order chi connectivity index (χ0) is 35.9. The molecule has 0 amide bonds. The van der Waals surface area contributed by atoms with Crippen molar-refractivity contribution in [2.45, 2.75) is 58.4 Å². The predicted molar refractivity (Wildman–Crippen MR) is 198 cm³/mol. The molecule has 6 aromatic rings. The summed E-state index contributed by atoms with van der Waals surface area (Å²) in [6.45, 7) is 7.63. The summed E-state index contributed by atoms with van der Waals surface area (Å²) in [4.78, 5) is 9.82. The summed E-state index contributed by atoms with van der Waals surface area (Å²) < 4.78 is 6.93. The first-order valence-electron chi connectivity index (χ1n) is 15.8. The Morgan fingerprint density at radius 1 is 0.700 bits per heavy atom. The van der Waals surface area contributed by atoms with Crippen molar-refractivity contribution in [3.05, 3.63) is 82.9 Å². The van der Waals surface area contributed by atoms with E-state index in [9.17, 15) is 0 Å². The fourth-order valence-corrected chi connectivity index (χ4v) is 7.53. The number of rotatable bonds is 5. The highest BCUT2D eigenvalue weighted by Crippen LogP contribution is 2.38. The number of nitrogens with zero attached hydrogens (tertiary/aromatic N) is 4. The molecule has 7 rings (SSSR count). The van der Waals surface area contributed by atoms with Crippen LogP contribution < -0.4 is 11.5 Å². The lowest BCUT2D eigenvalue weighted by Gasteiger charge is -2.37. The smallest absolute Gasteiger partial charge is 0.184 e. The quantitative estimate of drug-likeness (QED) is 0.0838. The molecule has 9 N–H and O–H groups in total. The fourth-order valence-electron chi connectivity index (χ4n) is 5.50. The normalized spacial score (nSPS) is 20.8. The van der Waals surface area contributed by atoms with Gasteiger partial charge in [-0.3, -0.25) is 0 Å². The monoisotopic (exact) mass is 714 g/mol. The molecule has 1 fully saturated rings. The molecule has 0 spiro atoms. The minimum absolute atomic E-state index is 0.520. The number of hydrogen-bond acceptors (Lipinski definition) is 14. The van der Waals surface area contributed by atoms with Crippen LogP contribution >= 0.6 is 22.7 Å². The zero-order valence-electron chi connectivity index (χ0n) is 27.8. The van der Waals surface area contributed by atoms with Crippen LogP contribution in [-0.2, 0) is 4.74 Å². The van der Waals surface area contributed by atoms with E-state index in [1.807, 2.05) is 44.2 Å². The Labute approximate surface area is 296 Å². The SMILES string of the molecule is Cc1cc(C)c(N)c(N=Nc2ccc(-c3nc4ccc(-c5nc6c(C)c(C)ccc6s5)cc4s3)cc2)c1N.OCC1OC(O)C(O)C(O)C1O. The number of aliphatic hydroxyl groups is 5. The van der Waals surface area contributed by atoms with Gasteiger partial charge in [0.2, 0.25) is 0 Å². The van der Waals surface area contributed by atoms with Crippen LogP contribution in [0.1, 0.15) is 22.3 Å². The van der Waals surface area contributed by atoms with E-state index in [4.69, 9.17) is 47.0 Å². The second-order valence-electron chi connectivity index (χ2n) is 12.2. The van der Waals surface area contributed by atoms with Gasteiger partial charge in [-0.2, -0.15) is 5.11 Å². The van der Waals surface area contributed by atoms with Gasteiger partial charge in [-0.1, -0.05) is 12.1 Å². The molecule has 0 radical (unpaired) electrons. The summed E-state index contributed by atoms with van der Waals surface area (Å²) in [7, 11) is 0. The van der Waals surface area contributed by atoms with Crippen LogP contribution in [0.15, 0.2) is 70.9 Å². The van der Waals surface area contributed by atoms with Gasteiger partial charge >= 0.3 is 0 Å². The van der Waals surface area contributed by atoms with Crippen molar-refractivity contribution in [2.75, 3.05) is 18.1 Å². The minimum Gasteiger partial charge on any atom is -0.397 e. The summed E-state index contributed by atoms with van der Waals surface area (Å²) in [5.74, 6) is 0. The van der Waals surface area contributed by atoms with Crippen LogP contribution in [0.25, 0.3) is 41.6 Å². The highest BCUT2D eigenvalue weighted by molar-refractivity contribution is 7.22. The highest BCUT2D eigenvalue weighted by Gasteiger charge is 2.42. The molecule has 5 atom stereocenters. The van der Waals surface area contributed by atoms with E-state index in [0.29, 0.717) is 17.1 Å². The van der Waals surface area contributed by atoms with Crippen LogP contribution in [0.3, 0.4) is 0 Å². The Morgan fingerprint density at radius 3 is 2.02 bits per heavy atom. The van der Waals surface area contributed by atoms with E-state index >= 15 is 0 Å². The second kappa shape index (κ2) is 14.5. The largest absolute Gasteiger partial charge is 0.397 e. The number of hydrogen-bond donors (Lipinski definition) is 7.